The number of nitro groups is 1. The predicted molar refractivity (Wildman–Crippen MR) is 101 cm³/mol. The van der Waals surface area contributed by atoms with Gasteiger partial charge in [-0.05, 0) is 24.3 Å². The van der Waals surface area contributed by atoms with Gasteiger partial charge >= 0.3 is 0 Å². The highest BCUT2D eigenvalue weighted by Gasteiger charge is 2.09. The number of furan rings is 1. The van der Waals surface area contributed by atoms with E-state index in [1.807, 2.05) is 30.3 Å². The van der Waals surface area contributed by atoms with Gasteiger partial charge in [0, 0.05) is 23.4 Å². The van der Waals surface area contributed by atoms with E-state index in [0.717, 1.165) is 5.69 Å². The zero-order chi connectivity index (χ0) is 19.1. The Hall–Kier alpha value is -3.94. The lowest BCUT2D eigenvalue weighted by molar-refractivity contribution is -0.384. The van der Waals surface area contributed by atoms with Crippen molar-refractivity contribution >= 4 is 23.5 Å². The molecule has 1 heterocycles. The van der Waals surface area contributed by atoms with E-state index in [-0.39, 0.29) is 18.1 Å². The number of hydrazone groups is 1. The summed E-state index contributed by atoms with van der Waals surface area (Å²) in [5.41, 5.74) is 3.80. The summed E-state index contributed by atoms with van der Waals surface area (Å²) in [6.07, 6.45) is 1.36. The SMILES string of the molecule is O=C(CNc1ccccc1)N/N=C\c1ccc(-c2cccc([N+](=O)[O-])c2)o1. The van der Waals surface area contributed by atoms with E-state index in [2.05, 4.69) is 15.8 Å². The Balaban J connectivity index is 1.55. The van der Waals surface area contributed by atoms with Crippen molar-refractivity contribution < 1.29 is 14.1 Å². The molecule has 27 heavy (non-hydrogen) atoms. The molecule has 0 aliphatic heterocycles. The van der Waals surface area contributed by atoms with Gasteiger partial charge in [-0.2, -0.15) is 5.10 Å². The molecule has 0 spiro atoms. The van der Waals surface area contributed by atoms with Crippen molar-refractivity contribution in [3.05, 3.63) is 82.6 Å². The summed E-state index contributed by atoms with van der Waals surface area (Å²) in [5, 5.41) is 17.7. The number of nitro benzene ring substituents is 1. The van der Waals surface area contributed by atoms with Crippen molar-refractivity contribution in [2.45, 2.75) is 0 Å². The second kappa shape index (κ2) is 8.43. The van der Waals surface area contributed by atoms with Gasteiger partial charge in [-0.25, -0.2) is 5.43 Å². The maximum absolute atomic E-state index is 11.8. The Morgan fingerprint density at radius 1 is 1.11 bits per heavy atom. The van der Waals surface area contributed by atoms with Crippen LogP contribution in [0.15, 0.2) is 76.2 Å². The molecule has 8 heteroatoms. The zero-order valence-corrected chi connectivity index (χ0v) is 14.2. The van der Waals surface area contributed by atoms with Crippen LogP contribution in [0, 0.1) is 10.1 Å². The quantitative estimate of drug-likeness (QED) is 0.379. The molecule has 3 aromatic rings. The number of carbonyl (C=O) groups is 1. The molecule has 0 saturated heterocycles. The fourth-order valence-corrected chi connectivity index (χ4v) is 2.30. The summed E-state index contributed by atoms with van der Waals surface area (Å²) < 4.78 is 5.58. The number of amides is 1. The van der Waals surface area contributed by atoms with Crippen LogP contribution in [0.4, 0.5) is 11.4 Å². The average molecular weight is 364 g/mol. The zero-order valence-electron chi connectivity index (χ0n) is 14.2. The van der Waals surface area contributed by atoms with E-state index >= 15 is 0 Å². The van der Waals surface area contributed by atoms with Crippen molar-refractivity contribution in [3.8, 4) is 11.3 Å². The topological polar surface area (TPSA) is 110 Å². The van der Waals surface area contributed by atoms with Crippen molar-refractivity contribution in [3.63, 3.8) is 0 Å². The van der Waals surface area contributed by atoms with Crippen LogP contribution in [0.5, 0.6) is 0 Å². The summed E-state index contributed by atoms with van der Waals surface area (Å²) in [4.78, 5) is 22.1. The molecular weight excluding hydrogens is 348 g/mol. The van der Waals surface area contributed by atoms with Crippen LogP contribution in [-0.4, -0.2) is 23.6 Å². The molecule has 8 nitrogen and oxygen atoms in total. The third-order valence-electron chi connectivity index (χ3n) is 3.58. The Labute approximate surface area is 154 Å². The summed E-state index contributed by atoms with van der Waals surface area (Å²) in [5.74, 6) is 0.575. The fraction of sp³-hybridized carbons (Fsp3) is 0.0526. The van der Waals surface area contributed by atoms with Crippen LogP contribution < -0.4 is 10.7 Å². The standard InChI is InChI=1S/C19H16N4O4/c24-19(13-20-15-6-2-1-3-7-15)22-21-12-17-9-10-18(27-17)14-5-4-8-16(11-14)23(25)26/h1-12,20H,13H2,(H,22,24)/b21-12-. The third kappa shape index (κ3) is 5.02. The molecule has 136 valence electrons. The Kier molecular flexibility index (Phi) is 5.58. The molecule has 2 aromatic carbocycles. The number of para-hydroxylation sites is 1. The number of hydrogen-bond donors (Lipinski definition) is 2. The number of benzene rings is 2. The molecule has 0 bridgehead atoms. The van der Waals surface area contributed by atoms with Crippen molar-refractivity contribution in [1.29, 1.82) is 0 Å². The van der Waals surface area contributed by atoms with Gasteiger partial charge in [-0.3, -0.25) is 14.9 Å². The molecule has 0 unspecified atom stereocenters. The smallest absolute Gasteiger partial charge is 0.270 e. The molecule has 2 N–H and O–H groups in total. The van der Waals surface area contributed by atoms with Gasteiger partial charge < -0.3 is 9.73 Å². The van der Waals surface area contributed by atoms with Gasteiger partial charge in [0.15, 0.2) is 0 Å². The monoisotopic (exact) mass is 364 g/mol. The first-order valence-electron chi connectivity index (χ1n) is 8.07. The minimum absolute atomic E-state index is 0.0164. The molecule has 0 aliphatic carbocycles. The van der Waals surface area contributed by atoms with Crippen molar-refractivity contribution in [2.24, 2.45) is 5.10 Å². The molecule has 1 aromatic heterocycles. The lowest BCUT2D eigenvalue weighted by Crippen LogP contribution is -2.25. The normalized spacial score (nSPS) is 10.7. The summed E-state index contributed by atoms with van der Waals surface area (Å²) in [6, 6.07) is 18.8. The van der Waals surface area contributed by atoms with E-state index < -0.39 is 4.92 Å². The first kappa shape index (κ1) is 17.9. The maximum atomic E-state index is 11.8. The van der Waals surface area contributed by atoms with Crippen LogP contribution in [0.25, 0.3) is 11.3 Å². The Morgan fingerprint density at radius 3 is 2.70 bits per heavy atom. The fourth-order valence-electron chi connectivity index (χ4n) is 2.30. The molecule has 0 radical (unpaired) electrons. The molecule has 0 atom stereocenters. The van der Waals surface area contributed by atoms with Gasteiger partial charge in [-0.1, -0.05) is 30.3 Å². The van der Waals surface area contributed by atoms with Crippen LogP contribution in [0.2, 0.25) is 0 Å². The van der Waals surface area contributed by atoms with Gasteiger partial charge in [0.25, 0.3) is 11.6 Å². The summed E-state index contributed by atoms with van der Waals surface area (Å²) >= 11 is 0. The van der Waals surface area contributed by atoms with Gasteiger partial charge in [0.1, 0.15) is 11.5 Å². The number of rotatable bonds is 7. The molecule has 0 fully saturated rings. The highest BCUT2D eigenvalue weighted by molar-refractivity contribution is 5.83. The number of nitrogens with zero attached hydrogens (tertiary/aromatic N) is 2. The summed E-state index contributed by atoms with van der Waals surface area (Å²) in [6.45, 7) is 0.0818. The van der Waals surface area contributed by atoms with Crippen molar-refractivity contribution in [2.75, 3.05) is 11.9 Å². The summed E-state index contributed by atoms with van der Waals surface area (Å²) in [7, 11) is 0. The van der Waals surface area contributed by atoms with E-state index in [1.165, 1.54) is 18.3 Å². The number of nitrogens with one attached hydrogen (secondary N) is 2. The largest absolute Gasteiger partial charge is 0.455 e. The first-order chi connectivity index (χ1) is 13.1. The van der Waals surface area contributed by atoms with Crippen LogP contribution >= 0.6 is 0 Å². The number of non-ortho nitro benzene ring substituents is 1. The first-order valence-corrected chi connectivity index (χ1v) is 8.07. The lowest BCUT2D eigenvalue weighted by atomic mass is 10.1. The molecular formula is C19H16N4O4. The van der Waals surface area contributed by atoms with Crippen LogP contribution in [-0.2, 0) is 4.79 Å². The van der Waals surface area contributed by atoms with Gasteiger partial charge in [-0.15, -0.1) is 0 Å². The minimum atomic E-state index is -0.464. The Bertz CT molecular complexity index is 967. The van der Waals surface area contributed by atoms with Crippen LogP contribution in [0.3, 0.4) is 0 Å². The maximum Gasteiger partial charge on any atom is 0.270 e. The van der Waals surface area contributed by atoms with E-state index in [1.54, 1.807) is 24.3 Å². The predicted octanol–water partition coefficient (Wildman–Crippen LogP) is 3.42. The highest BCUT2D eigenvalue weighted by Crippen LogP contribution is 2.25. The number of anilines is 1. The number of carbonyl (C=O) groups excluding carboxylic acids is 1. The molecule has 0 saturated carbocycles. The molecule has 3 rings (SSSR count). The second-order valence-corrected chi connectivity index (χ2v) is 5.52. The minimum Gasteiger partial charge on any atom is -0.455 e. The van der Waals surface area contributed by atoms with Crippen LogP contribution in [0.1, 0.15) is 5.76 Å². The van der Waals surface area contributed by atoms with E-state index in [4.69, 9.17) is 4.42 Å². The highest BCUT2D eigenvalue weighted by atomic mass is 16.6. The van der Waals surface area contributed by atoms with Gasteiger partial charge in [0.05, 0.1) is 17.7 Å². The average Bonchev–Trinajstić information content (AvgIpc) is 3.16. The Morgan fingerprint density at radius 2 is 1.93 bits per heavy atom. The van der Waals surface area contributed by atoms with Crippen molar-refractivity contribution in [1.82, 2.24) is 5.43 Å². The van der Waals surface area contributed by atoms with Gasteiger partial charge in [0.2, 0.25) is 0 Å². The third-order valence-corrected chi connectivity index (χ3v) is 3.58. The lowest BCUT2D eigenvalue weighted by Gasteiger charge is -2.04. The molecule has 1 amide bonds. The van der Waals surface area contributed by atoms with E-state index in [0.29, 0.717) is 17.1 Å². The molecule has 0 aliphatic rings. The second-order valence-electron chi connectivity index (χ2n) is 5.52. The number of hydrogen-bond acceptors (Lipinski definition) is 6. The van der Waals surface area contributed by atoms with E-state index in [9.17, 15) is 14.9 Å².